The van der Waals surface area contributed by atoms with Crippen LogP contribution >= 0.6 is 23.5 Å². The zero-order valence-electron chi connectivity index (χ0n) is 18.4. The number of aliphatic hydroxyl groups is 2. The molecule has 2 N–H and O–H groups in total. The van der Waals surface area contributed by atoms with E-state index in [0.29, 0.717) is 11.5 Å². The highest BCUT2D eigenvalue weighted by molar-refractivity contribution is 7.99. The highest BCUT2D eigenvalue weighted by atomic mass is 32.2. The predicted octanol–water partition coefficient (Wildman–Crippen LogP) is 3.23. The molecule has 5 heteroatoms. The number of rotatable bonds is 10. The molecular formula is C28H28O2S2Si. The number of benzene rings is 4. The molecule has 2 nitrogen and oxygen atoms in total. The molecule has 0 aliphatic carbocycles. The van der Waals surface area contributed by atoms with E-state index in [1.807, 2.05) is 0 Å². The molecule has 4 aromatic rings. The van der Waals surface area contributed by atoms with Gasteiger partial charge in [0.2, 0.25) is 0 Å². The van der Waals surface area contributed by atoms with E-state index in [1.165, 1.54) is 30.5 Å². The second-order valence-corrected chi connectivity index (χ2v) is 13.8. The van der Waals surface area contributed by atoms with Crippen LogP contribution in [0.2, 0.25) is 0 Å². The van der Waals surface area contributed by atoms with Crippen LogP contribution in [0, 0.1) is 0 Å². The first-order valence-corrected chi connectivity index (χ1v) is 15.1. The standard InChI is InChI=1S/C28H28O2S2Si/c29-19-21-31-23-11-15-27(16-12-23)33(25-7-3-1-4-8-25,26-9-5-2-6-10-26)28-17-13-24(14-18-28)32-22-20-30/h1-18,29-30H,19-22H2. The van der Waals surface area contributed by atoms with Crippen LogP contribution in [0.4, 0.5) is 0 Å². The van der Waals surface area contributed by atoms with Gasteiger partial charge in [-0.3, -0.25) is 0 Å². The molecule has 0 atom stereocenters. The summed E-state index contributed by atoms with van der Waals surface area (Å²) in [5.41, 5.74) is 0. The lowest BCUT2D eigenvalue weighted by Gasteiger charge is -2.34. The average molecular weight is 489 g/mol. The number of aliphatic hydroxyl groups excluding tert-OH is 2. The first-order valence-electron chi connectivity index (χ1n) is 11.1. The zero-order valence-corrected chi connectivity index (χ0v) is 21.1. The van der Waals surface area contributed by atoms with Crippen LogP contribution in [0.5, 0.6) is 0 Å². The Balaban J connectivity index is 1.92. The average Bonchev–Trinajstić information content (AvgIpc) is 2.89. The molecule has 168 valence electrons. The van der Waals surface area contributed by atoms with Gasteiger partial charge in [0.1, 0.15) is 0 Å². The second kappa shape index (κ2) is 11.7. The Bertz CT molecular complexity index is 1030. The zero-order chi connectivity index (χ0) is 22.9. The van der Waals surface area contributed by atoms with Gasteiger partial charge in [-0.25, -0.2) is 0 Å². The van der Waals surface area contributed by atoms with Crippen LogP contribution in [0.1, 0.15) is 0 Å². The second-order valence-electron chi connectivity index (χ2n) is 7.67. The van der Waals surface area contributed by atoms with Crippen molar-refractivity contribution in [3.8, 4) is 0 Å². The summed E-state index contributed by atoms with van der Waals surface area (Å²) in [5, 5.41) is 23.8. The molecule has 4 aromatic carbocycles. The van der Waals surface area contributed by atoms with E-state index in [4.69, 9.17) is 0 Å². The molecule has 0 radical (unpaired) electrons. The van der Waals surface area contributed by atoms with Crippen molar-refractivity contribution in [3.05, 3.63) is 109 Å². The number of hydrogen-bond acceptors (Lipinski definition) is 4. The van der Waals surface area contributed by atoms with Crippen molar-refractivity contribution in [2.45, 2.75) is 9.79 Å². The van der Waals surface area contributed by atoms with Gasteiger partial charge in [0.15, 0.2) is 8.07 Å². The summed E-state index contributed by atoms with van der Waals surface area (Å²) < 4.78 is 0. The summed E-state index contributed by atoms with van der Waals surface area (Å²) >= 11 is 3.36. The van der Waals surface area contributed by atoms with Crippen molar-refractivity contribution in [2.24, 2.45) is 0 Å². The number of hydrogen-bond donors (Lipinski definition) is 2. The quantitative estimate of drug-likeness (QED) is 0.204. The van der Waals surface area contributed by atoms with E-state index in [0.717, 1.165) is 0 Å². The van der Waals surface area contributed by atoms with Crippen molar-refractivity contribution in [1.82, 2.24) is 0 Å². The summed E-state index contributed by atoms with van der Waals surface area (Å²) in [6.45, 7) is 0.361. The summed E-state index contributed by atoms with van der Waals surface area (Å²) in [5.74, 6) is 1.40. The topological polar surface area (TPSA) is 40.5 Å². The van der Waals surface area contributed by atoms with Crippen LogP contribution < -0.4 is 20.7 Å². The van der Waals surface area contributed by atoms with Crippen molar-refractivity contribution in [1.29, 1.82) is 0 Å². The van der Waals surface area contributed by atoms with Gasteiger partial charge in [-0.05, 0) is 45.0 Å². The van der Waals surface area contributed by atoms with Crippen molar-refractivity contribution < 1.29 is 10.2 Å². The fourth-order valence-electron chi connectivity index (χ4n) is 4.31. The SMILES string of the molecule is OCCSc1ccc([Si](c2ccccc2)(c2ccccc2)c2ccc(SCCO)cc2)cc1. The Kier molecular flexibility index (Phi) is 8.48. The first kappa shape index (κ1) is 23.9. The lowest BCUT2D eigenvalue weighted by Crippen LogP contribution is -2.74. The van der Waals surface area contributed by atoms with Crippen LogP contribution in [0.25, 0.3) is 0 Å². The smallest absolute Gasteiger partial charge is 0.179 e. The largest absolute Gasteiger partial charge is 0.396 e. The predicted molar refractivity (Wildman–Crippen MR) is 146 cm³/mol. The fourth-order valence-corrected chi connectivity index (χ4v) is 10.3. The van der Waals surface area contributed by atoms with Gasteiger partial charge in [-0.2, -0.15) is 0 Å². The highest BCUT2D eigenvalue weighted by Crippen LogP contribution is 2.19. The summed E-state index contributed by atoms with van der Waals surface area (Å²) in [6, 6.07) is 39.6. The van der Waals surface area contributed by atoms with Crippen molar-refractivity contribution >= 4 is 52.3 Å². The Morgan fingerprint density at radius 2 is 0.788 bits per heavy atom. The summed E-state index contributed by atoms with van der Waals surface area (Å²) in [4.78, 5) is 2.35. The normalized spacial score (nSPS) is 11.5. The van der Waals surface area contributed by atoms with Crippen molar-refractivity contribution in [3.63, 3.8) is 0 Å². The van der Waals surface area contributed by atoms with Crippen LogP contribution in [-0.4, -0.2) is 43.0 Å². The third kappa shape index (κ3) is 5.29. The maximum atomic E-state index is 9.20. The Morgan fingerprint density at radius 1 is 0.455 bits per heavy atom. The monoisotopic (exact) mass is 488 g/mol. The van der Waals surface area contributed by atoms with E-state index in [1.54, 1.807) is 23.5 Å². The molecule has 0 aliphatic heterocycles. The molecule has 0 unspecified atom stereocenters. The highest BCUT2D eigenvalue weighted by Gasteiger charge is 2.41. The fraction of sp³-hybridized carbons (Fsp3) is 0.143. The molecule has 0 aromatic heterocycles. The lowest BCUT2D eigenvalue weighted by molar-refractivity contribution is 0.322. The molecule has 0 spiro atoms. The number of thioether (sulfide) groups is 2. The summed E-state index contributed by atoms with van der Waals surface area (Å²) in [7, 11) is -2.53. The van der Waals surface area contributed by atoms with Gasteiger partial charge in [0.05, 0.1) is 13.2 Å². The molecule has 0 aliphatic rings. The molecule has 0 fully saturated rings. The van der Waals surface area contributed by atoms with Gasteiger partial charge >= 0.3 is 0 Å². The third-order valence-corrected chi connectivity index (χ3v) is 12.5. The van der Waals surface area contributed by atoms with E-state index in [-0.39, 0.29) is 13.2 Å². The van der Waals surface area contributed by atoms with Crippen molar-refractivity contribution in [2.75, 3.05) is 24.7 Å². The molecular weight excluding hydrogens is 461 g/mol. The van der Waals surface area contributed by atoms with Gasteiger partial charge in [-0.15, -0.1) is 23.5 Å². The lowest BCUT2D eigenvalue weighted by atomic mass is 10.3. The van der Waals surface area contributed by atoms with E-state index >= 15 is 0 Å². The van der Waals surface area contributed by atoms with E-state index < -0.39 is 8.07 Å². The minimum atomic E-state index is -2.53. The molecule has 0 heterocycles. The van der Waals surface area contributed by atoms with Crippen LogP contribution in [0.15, 0.2) is 119 Å². The van der Waals surface area contributed by atoms with Gasteiger partial charge in [-0.1, -0.05) is 84.9 Å². The van der Waals surface area contributed by atoms with E-state index in [9.17, 15) is 10.2 Å². The molecule has 0 saturated heterocycles. The van der Waals surface area contributed by atoms with Gasteiger partial charge < -0.3 is 10.2 Å². The maximum Gasteiger partial charge on any atom is 0.179 e. The Labute approximate surface area is 205 Å². The minimum Gasteiger partial charge on any atom is -0.396 e. The molecule has 0 saturated carbocycles. The van der Waals surface area contributed by atoms with Gasteiger partial charge in [0, 0.05) is 21.3 Å². The van der Waals surface area contributed by atoms with E-state index in [2.05, 4.69) is 109 Å². The molecule has 0 amide bonds. The minimum absolute atomic E-state index is 0.180. The Hall–Kier alpha value is -2.28. The molecule has 33 heavy (non-hydrogen) atoms. The summed E-state index contributed by atoms with van der Waals surface area (Å²) in [6.07, 6.45) is 0. The first-order chi connectivity index (χ1) is 16.3. The third-order valence-electron chi connectivity index (χ3n) is 5.71. The maximum absolute atomic E-state index is 9.20. The van der Waals surface area contributed by atoms with Gasteiger partial charge in [0.25, 0.3) is 0 Å². The molecule has 0 bridgehead atoms. The van der Waals surface area contributed by atoms with Crippen LogP contribution in [-0.2, 0) is 0 Å². The molecule has 4 rings (SSSR count). The van der Waals surface area contributed by atoms with Crippen LogP contribution in [0.3, 0.4) is 0 Å². The Morgan fingerprint density at radius 3 is 1.12 bits per heavy atom.